The number of unbranched alkanes of at least 4 members (excludes halogenated alkanes) is 1. The van der Waals surface area contributed by atoms with Crippen molar-refractivity contribution in [1.82, 2.24) is 0 Å². The Balaban J connectivity index is 3.35. The van der Waals surface area contributed by atoms with Gasteiger partial charge in [0.25, 0.3) is 0 Å². The smallest absolute Gasteiger partial charge is 0.330 e. The van der Waals surface area contributed by atoms with Crippen molar-refractivity contribution in [2.75, 3.05) is 13.2 Å². The highest BCUT2D eigenvalue weighted by Gasteiger charge is 2.11. The quantitative estimate of drug-likeness (QED) is 0.465. The molecule has 0 heterocycles. The lowest BCUT2D eigenvalue weighted by Gasteiger charge is -2.15. The normalized spacial score (nSPS) is 15.4. The van der Waals surface area contributed by atoms with E-state index in [1.165, 1.54) is 0 Å². The van der Waals surface area contributed by atoms with Crippen LogP contribution in [0.25, 0.3) is 0 Å². The van der Waals surface area contributed by atoms with Crippen molar-refractivity contribution in [2.24, 2.45) is 0 Å². The second-order valence-electron chi connectivity index (χ2n) is 3.21. The van der Waals surface area contributed by atoms with Gasteiger partial charge in [-0.15, -0.1) is 0 Å². The summed E-state index contributed by atoms with van der Waals surface area (Å²) in [5.74, 6) is 0. The molecule has 0 aliphatic heterocycles. The van der Waals surface area contributed by atoms with E-state index in [0.29, 0.717) is 13.0 Å². The zero-order valence-corrected chi connectivity index (χ0v) is 9.87. The molecule has 0 saturated heterocycles. The fraction of sp³-hybridized carbons (Fsp3) is 1.00. The zero-order chi connectivity index (χ0) is 10.8. The molecule has 0 aromatic rings. The van der Waals surface area contributed by atoms with Gasteiger partial charge in [-0.1, -0.05) is 19.8 Å². The van der Waals surface area contributed by atoms with Crippen molar-refractivity contribution in [3.05, 3.63) is 0 Å². The van der Waals surface area contributed by atoms with Crippen LogP contribution < -0.4 is 0 Å². The van der Waals surface area contributed by atoms with Gasteiger partial charge in [0.1, 0.15) is 0 Å². The van der Waals surface area contributed by atoms with E-state index >= 15 is 0 Å². The molecule has 0 fully saturated rings. The highest BCUT2D eigenvalue weighted by molar-refractivity contribution is 7.40. The van der Waals surface area contributed by atoms with Gasteiger partial charge in [-0.2, -0.15) is 0 Å². The van der Waals surface area contributed by atoms with E-state index in [9.17, 15) is 4.89 Å². The topological polar surface area (TPSA) is 58.9 Å². The summed E-state index contributed by atoms with van der Waals surface area (Å²) in [6, 6.07) is 0. The third-order valence-corrected chi connectivity index (χ3v) is 2.68. The number of aliphatic hydroxyl groups excluding tert-OH is 1. The molecular weight excluding hydrogens is 203 g/mol. The highest BCUT2D eigenvalue weighted by Crippen LogP contribution is 2.35. The molecule has 2 unspecified atom stereocenters. The van der Waals surface area contributed by atoms with Gasteiger partial charge in [-0.3, -0.25) is 0 Å². The molecule has 0 amide bonds. The summed E-state index contributed by atoms with van der Waals surface area (Å²) >= 11 is 0. The molecule has 14 heavy (non-hydrogen) atoms. The summed E-state index contributed by atoms with van der Waals surface area (Å²) < 4.78 is 10.2. The monoisotopic (exact) mass is 224 g/mol. The van der Waals surface area contributed by atoms with Crippen molar-refractivity contribution in [1.29, 1.82) is 0 Å². The second-order valence-corrected chi connectivity index (χ2v) is 4.15. The Hall–Kier alpha value is 0.270. The van der Waals surface area contributed by atoms with Crippen LogP contribution in [0.4, 0.5) is 0 Å². The molecule has 5 heteroatoms. The van der Waals surface area contributed by atoms with Gasteiger partial charge in [0.15, 0.2) is 0 Å². The molecule has 0 aliphatic rings. The molecule has 0 bridgehead atoms. The molecule has 86 valence electrons. The van der Waals surface area contributed by atoms with Gasteiger partial charge in [0, 0.05) is 6.61 Å². The van der Waals surface area contributed by atoms with Crippen LogP contribution in [0.15, 0.2) is 0 Å². The summed E-state index contributed by atoms with van der Waals surface area (Å²) in [5.41, 5.74) is 0. The zero-order valence-electron chi connectivity index (χ0n) is 8.98. The summed E-state index contributed by atoms with van der Waals surface area (Å²) in [6.07, 6.45) is 3.74. The maximum Gasteiger partial charge on any atom is 0.330 e. The Labute approximate surface area is 87.2 Å². The maximum absolute atomic E-state index is 9.28. The number of hydrogen-bond donors (Lipinski definition) is 2. The van der Waals surface area contributed by atoms with Crippen molar-refractivity contribution < 1.29 is 19.0 Å². The maximum atomic E-state index is 9.28. The van der Waals surface area contributed by atoms with E-state index in [2.05, 4.69) is 6.92 Å². The minimum absolute atomic E-state index is 0.0418. The predicted octanol–water partition coefficient (Wildman–Crippen LogP) is 2.20. The molecule has 0 saturated carbocycles. The average molecular weight is 224 g/mol. The molecule has 0 aromatic carbocycles. The van der Waals surface area contributed by atoms with Gasteiger partial charge < -0.3 is 19.0 Å². The van der Waals surface area contributed by atoms with E-state index in [4.69, 9.17) is 14.2 Å². The second kappa shape index (κ2) is 9.81. The van der Waals surface area contributed by atoms with Crippen molar-refractivity contribution >= 4 is 8.60 Å². The number of aliphatic hydroxyl groups is 1. The Bertz CT molecular complexity index is 123. The molecule has 0 aliphatic carbocycles. The van der Waals surface area contributed by atoms with E-state index in [1.807, 2.05) is 6.92 Å². The van der Waals surface area contributed by atoms with Gasteiger partial charge >= 0.3 is 8.60 Å². The third-order valence-electron chi connectivity index (χ3n) is 1.74. The van der Waals surface area contributed by atoms with Crippen LogP contribution in [-0.4, -0.2) is 29.3 Å². The lowest BCUT2D eigenvalue weighted by molar-refractivity contribution is 0.139. The largest absolute Gasteiger partial charge is 0.396 e. The summed E-state index contributed by atoms with van der Waals surface area (Å²) in [7, 11) is -1.76. The van der Waals surface area contributed by atoms with Crippen LogP contribution in [-0.2, 0) is 9.05 Å². The van der Waals surface area contributed by atoms with E-state index in [0.717, 1.165) is 19.3 Å². The molecule has 0 rings (SSSR count). The first kappa shape index (κ1) is 14.3. The third kappa shape index (κ3) is 8.85. The molecule has 0 aromatic heterocycles. The standard InChI is InChI=1S/C9H21O4P/c1-3-4-6-9(2)13-14(11)12-8-5-7-10/h9-11H,3-8H2,1-2H3. The molecule has 0 radical (unpaired) electrons. The predicted molar refractivity (Wildman–Crippen MR) is 56.9 cm³/mol. The fourth-order valence-corrected chi connectivity index (χ4v) is 1.70. The van der Waals surface area contributed by atoms with Crippen molar-refractivity contribution in [2.45, 2.75) is 45.6 Å². The van der Waals surface area contributed by atoms with Crippen LogP contribution in [0, 0.1) is 0 Å². The molecule has 2 atom stereocenters. The van der Waals surface area contributed by atoms with Crippen LogP contribution in [0.2, 0.25) is 0 Å². The fourth-order valence-electron chi connectivity index (χ4n) is 0.936. The van der Waals surface area contributed by atoms with Crippen LogP contribution >= 0.6 is 8.60 Å². The van der Waals surface area contributed by atoms with Crippen LogP contribution in [0.1, 0.15) is 39.5 Å². The van der Waals surface area contributed by atoms with Gasteiger partial charge in [-0.05, 0) is 19.8 Å². The lowest BCUT2D eigenvalue weighted by Crippen LogP contribution is -2.06. The minimum Gasteiger partial charge on any atom is -0.396 e. The summed E-state index contributed by atoms with van der Waals surface area (Å²) in [6.45, 7) is 4.47. The van der Waals surface area contributed by atoms with Crippen molar-refractivity contribution in [3.63, 3.8) is 0 Å². The first-order chi connectivity index (χ1) is 6.70. The van der Waals surface area contributed by atoms with Crippen LogP contribution in [0.3, 0.4) is 0 Å². The van der Waals surface area contributed by atoms with Gasteiger partial charge in [-0.25, -0.2) is 0 Å². The Morgan fingerprint density at radius 3 is 2.64 bits per heavy atom. The van der Waals surface area contributed by atoms with Crippen LogP contribution in [0.5, 0.6) is 0 Å². The molecule has 2 N–H and O–H groups in total. The average Bonchev–Trinajstić information content (AvgIpc) is 2.15. The SMILES string of the molecule is CCCCC(C)OP(O)OCCCO. The van der Waals surface area contributed by atoms with Gasteiger partial charge in [0.05, 0.1) is 12.7 Å². The van der Waals surface area contributed by atoms with E-state index < -0.39 is 8.60 Å². The van der Waals surface area contributed by atoms with E-state index in [1.54, 1.807) is 0 Å². The Kier molecular flexibility index (Phi) is 10.0. The summed E-state index contributed by atoms with van der Waals surface area (Å²) in [4.78, 5) is 9.28. The molecular formula is C9H21O4P. The first-order valence-corrected chi connectivity index (χ1v) is 6.23. The minimum atomic E-state index is -1.76. The number of hydrogen-bond acceptors (Lipinski definition) is 4. The van der Waals surface area contributed by atoms with E-state index in [-0.39, 0.29) is 12.7 Å². The Morgan fingerprint density at radius 2 is 2.07 bits per heavy atom. The summed E-state index contributed by atoms with van der Waals surface area (Å²) in [5, 5.41) is 8.48. The van der Waals surface area contributed by atoms with Gasteiger partial charge in [0.2, 0.25) is 0 Å². The Morgan fingerprint density at radius 1 is 1.36 bits per heavy atom. The van der Waals surface area contributed by atoms with Crippen molar-refractivity contribution in [3.8, 4) is 0 Å². The number of rotatable bonds is 9. The molecule has 4 nitrogen and oxygen atoms in total. The lowest BCUT2D eigenvalue weighted by atomic mass is 10.2. The highest BCUT2D eigenvalue weighted by atomic mass is 31.2. The molecule has 0 spiro atoms. The first-order valence-electron chi connectivity index (χ1n) is 5.10.